The van der Waals surface area contributed by atoms with Gasteiger partial charge < -0.3 is 5.32 Å². The summed E-state index contributed by atoms with van der Waals surface area (Å²) >= 11 is 5.21. The molecule has 1 N–H and O–H groups in total. The topological polar surface area (TPSA) is 37.8 Å². The molecule has 0 aliphatic rings. The van der Waals surface area contributed by atoms with Gasteiger partial charge in [0, 0.05) is 17.5 Å². The maximum atomic E-state index is 4.58. The van der Waals surface area contributed by atoms with E-state index >= 15 is 0 Å². The Balaban J connectivity index is 2.50. The van der Waals surface area contributed by atoms with Crippen molar-refractivity contribution in [3.8, 4) is 11.4 Å². The van der Waals surface area contributed by atoms with E-state index in [9.17, 15) is 0 Å². The molecule has 5 heteroatoms. The number of nitrogens with one attached hydrogen (secondary N) is 1. The lowest BCUT2D eigenvalue weighted by atomic mass is 10.2. The highest BCUT2D eigenvalue weighted by Crippen LogP contribution is 2.28. The first-order chi connectivity index (χ1) is 8.26. The van der Waals surface area contributed by atoms with Gasteiger partial charge in [-0.2, -0.15) is 11.3 Å². The van der Waals surface area contributed by atoms with E-state index in [4.69, 9.17) is 0 Å². The lowest BCUT2D eigenvalue weighted by Crippen LogP contribution is -2.05. The van der Waals surface area contributed by atoms with Crippen LogP contribution >= 0.6 is 27.3 Å². The zero-order valence-corrected chi connectivity index (χ0v) is 12.2. The number of rotatable bonds is 4. The molecule has 2 aromatic heterocycles. The van der Waals surface area contributed by atoms with Crippen molar-refractivity contribution >= 4 is 33.1 Å². The molecule has 0 aliphatic heterocycles. The maximum Gasteiger partial charge on any atom is 0.162 e. The average molecular weight is 312 g/mol. The van der Waals surface area contributed by atoms with E-state index in [1.165, 1.54) is 0 Å². The van der Waals surface area contributed by atoms with Crippen molar-refractivity contribution in [2.24, 2.45) is 0 Å². The normalized spacial score (nSPS) is 10.5. The Kier molecular flexibility index (Phi) is 4.12. The molecule has 0 fully saturated rings. The monoisotopic (exact) mass is 311 g/mol. The van der Waals surface area contributed by atoms with Crippen molar-refractivity contribution in [2.75, 3.05) is 11.9 Å². The lowest BCUT2D eigenvalue weighted by molar-refractivity contribution is 0.985. The Morgan fingerprint density at radius 1 is 1.35 bits per heavy atom. The van der Waals surface area contributed by atoms with Gasteiger partial charge in [-0.3, -0.25) is 0 Å². The largest absolute Gasteiger partial charge is 0.369 e. The minimum absolute atomic E-state index is 0.794. The molecule has 2 aromatic rings. The van der Waals surface area contributed by atoms with Gasteiger partial charge in [0.1, 0.15) is 5.82 Å². The molecule has 0 amide bonds. The Bertz CT molecular complexity index is 497. The van der Waals surface area contributed by atoms with Gasteiger partial charge in [0.25, 0.3) is 0 Å². The van der Waals surface area contributed by atoms with Gasteiger partial charge >= 0.3 is 0 Å². The Hall–Kier alpha value is -0.940. The Morgan fingerprint density at radius 3 is 2.76 bits per heavy atom. The van der Waals surface area contributed by atoms with Gasteiger partial charge in [-0.25, -0.2) is 9.97 Å². The number of nitrogens with zero attached hydrogens (tertiary/aromatic N) is 2. The Morgan fingerprint density at radius 2 is 2.18 bits per heavy atom. The molecule has 0 saturated carbocycles. The number of halogens is 1. The summed E-state index contributed by atoms with van der Waals surface area (Å²) in [4.78, 5) is 9.14. The molecule has 0 aliphatic carbocycles. The molecule has 0 saturated heterocycles. The van der Waals surface area contributed by atoms with E-state index in [0.29, 0.717) is 0 Å². The molecule has 0 aromatic carbocycles. The summed E-state index contributed by atoms with van der Waals surface area (Å²) in [5.41, 5.74) is 2.12. The summed E-state index contributed by atoms with van der Waals surface area (Å²) in [6, 6.07) is 2.04. The molecular weight excluding hydrogens is 298 g/mol. The van der Waals surface area contributed by atoms with Crippen LogP contribution < -0.4 is 5.32 Å². The standard InChI is InChI=1S/C12H14BrN3S/c1-3-9-10(13)12(14-4-2)16-11(15-9)8-5-6-17-7-8/h5-7H,3-4H2,1-2H3,(H,14,15,16). The molecule has 0 atom stereocenters. The first kappa shape index (κ1) is 12.5. The van der Waals surface area contributed by atoms with Crippen molar-refractivity contribution < 1.29 is 0 Å². The molecule has 90 valence electrons. The van der Waals surface area contributed by atoms with E-state index in [2.05, 4.69) is 50.4 Å². The summed E-state index contributed by atoms with van der Waals surface area (Å²) in [5, 5.41) is 7.37. The lowest BCUT2D eigenvalue weighted by Gasteiger charge is -2.10. The zero-order chi connectivity index (χ0) is 12.3. The SMILES string of the molecule is CCNc1nc(-c2ccsc2)nc(CC)c1Br. The third-order valence-electron chi connectivity index (χ3n) is 2.38. The molecule has 2 heterocycles. The van der Waals surface area contributed by atoms with E-state index in [1.807, 2.05) is 11.4 Å². The second kappa shape index (κ2) is 5.60. The fourth-order valence-electron chi connectivity index (χ4n) is 1.53. The van der Waals surface area contributed by atoms with Gasteiger partial charge in [0.15, 0.2) is 5.82 Å². The molecule has 0 radical (unpaired) electrons. The third-order valence-corrected chi connectivity index (χ3v) is 3.89. The summed E-state index contributed by atoms with van der Waals surface area (Å²) in [6.07, 6.45) is 0.888. The van der Waals surface area contributed by atoms with E-state index in [-0.39, 0.29) is 0 Å². The van der Waals surface area contributed by atoms with Gasteiger partial charge in [0.05, 0.1) is 10.2 Å². The summed E-state index contributed by atoms with van der Waals surface area (Å²) in [5.74, 6) is 1.67. The van der Waals surface area contributed by atoms with Gasteiger partial charge in [-0.1, -0.05) is 6.92 Å². The van der Waals surface area contributed by atoms with Crippen LogP contribution in [0.15, 0.2) is 21.3 Å². The van der Waals surface area contributed by atoms with Gasteiger partial charge in [0.2, 0.25) is 0 Å². The van der Waals surface area contributed by atoms with Crippen molar-refractivity contribution in [1.29, 1.82) is 0 Å². The predicted octanol–water partition coefficient (Wildman–Crippen LogP) is 3.96. The van der Waals surface area contributed by atoms with Crippen LogP contribution in [0.25, 0.3) is 11.4 Å². The van der Waals surface area contributed by atoms with Crippen molar-refractivity contribution in [1.82, 2.24) is 9.97 Å². The van der Waals surface area contributed by atoms with Crippen LogP contribution in [0.4, 0.5) is 5.82 Å². The van der Waals surface area contributed by atoms with Crippen molar-refractivity contribution in [2.45, 2.75) is 20.3 Å². The fraction of sp³-hybridized carbons (Fsp3) is 0.333. The number of aromatic nitrogens is 2. The number of hydrogen-bond acceptors (Lipinski definition) is 4. The maximum absolute atomic E-state index is 4.58. The Labute approximate surface area is 113 Å². The molecule has 0 spiro atoms. The van der Waals surface area contributed by atoms with Crippen molar-refractivity contribution in [3.05, 3.63) is 27.0 Å². The summed E-state index contributed by atoms with van der Waals surface area (Å²) in [7, 11) is 0. The first-order valence-electron chi connectivity index (χ1n) is 5.59. The van der Waals surface area contributed by atoms with E-state index in [0.717, 1.165) is 40.3 Å². The number of hydrogen-bond donors (Lipinski definition) is 1. The third kappa shape index (κ3) is 2.66. The molecule has 3 nitrogen and oxygen atoms in total. The van der Waals surface area contributed by atoms with Gasteiger partial charge in [-0.15, -0.1) is 0 Å². The average Bonchev–Trinajstić information content (AvgIpc) is 2.85. The quantitative estimate of drug-likeness (QED) is 0.928. The smallest absolute Gasteiger partial charge is 0.162 e. The van der Waals surface area contributed by atoms with Crippen LogP contribution in [-0.2, 0) is 6.42 Å². The first-order valence-corrected chi connectivity index (χ1v) is 7.32. The summed E-state index contributed by atoms with van der Waals surface area (Å²) < 4.78 is 0.973. The second-order valence-corrected chi connectivity index (χ2v) is 5.13. The molecule has 17 heavy (non-hydrogen) atoms. The molecular formula is C12H14BrN3S. The van der Waals surface area contributed by atoms with Crippen LogP contribution in [0.5, 0.6) is 0 Å². The molecule has 0 bridgehead atoms. The molecule has 2 rings (SSSR count). The minimum Gasteiger partial charge on any atom is -0.369 e. The number of aryl methyl sites for hydroxylation is 1. The highest BCUT2D eigenvalue weighted by atomic mass is 79.9. The minimum atomic E-state index is 0.794. The van der Waals surface area contributed by atoms with E-state index in [1.54, 1.807) is 11.3 Å². The van der Waals surface area contributed by atoms with Crippen molar-refractivity contribution in [3.63, 3.8) is 0 Å². The van der Waals surface area contributed by atoms with E-state index < -0.39 is 0 Å². The number of anilines is 1. The van der Waals surface area contributed by atoms with Crippen LogP contribution in [0.3, 0.4) is 0 Å². The predicted molar refractivity (Wildman–Crippen MR) is 76.6 cm³/mol. The van der Waals surface area contributed by atoms with Crippen LogP contribution in [0.1, 0.15) is 19.5 Å². The zero-order valence-electron chi connectivity index (χ0n) is 9.83. The van der Waals surface area contributed by atoms with Crippen LogP contribution in [-0.4, -0.2) is 16.5 Å². The highest BCUT2D eigenvalue weighted by Gasteiger charge is 2.11. The van der Waals surface area contributed by atoms with Crippen LogP contribution in [0.2, 0.25) is 0 Å². The molecule has 0 unspecified atom stereocenters. The highest BCUT2D eigenvalue weighted by molar-refractivity contribution is 9.10. The van der Waals surface area contributed by atoms with Crippen LogP contribution in [0, 0.1) is 0 Å². The second-order valence-electron chi connectivity index (χ2n) is 3.55. The summed E-state index contributed by atoms with van der Waals surface area (Å²) in [6.45, 7) is 5.01. The number of thiophene rings is 1. The fourth-order valence-corrected chi connectivity index (χ4v) is 2.77. The van der Waals surface area contributed by atoms with Gasteiger partial charge in [-0.05, 0) is 40.7 Å².